The molecule has 0 saturated heterocycles. The van der Waals surface area contributed by atoms with Crippen molar-refractivity contribution in [2.24, 2.45) is 11.3 Å². The van der Waals surface area contributed by atoms with Crippen LogP contribution in [0.2, 0.25) is 0 Å². The van der Waals surface area contributed by atoms with Crippen LogP contribution in [0.5, 0.6) is 0 Å². The molecule has 0 bridgehead atoms. The van der Waals surface area contributed by atoms with E-state index in [0.717, 1.165) is 44.6 Å². The van der Waals surface area contributed by atoms with Crippen LogP contribution in [0, 0.1) is 11.3 Å². The Labute approximate surface area is 251 Å². The lowest BCUT2D eigenvalue weighted by molar-refractivity contribution is -0.235. The fourth-order valence-corrected chi connectivity index (χ4v) is 5.98. The maximum atomic E-state index is 13.9. The fourth-order valence-electron chi connectivity index (χ4n) is 5.98. The summed E-state index contributed by atoms with van der Waals surface area (Å²) >= 11 is 0. The van der Waals surface area contributed by atoms with Crippen LogP contribution in [0.25, 0.3) is 0 Å². The molecule has 1 aliphatic rings. The van der Waals surface area contributed by atoms with Crippen molar-refractivity contribution in [3.63, 3.8) is 0 Å². The molecule has 0 aromatic heterocycles. The Morgan fingerprint density at radius 2 is 1.02 bits per heavy atom. The lowest BCUT2D eigenvalue weighted by atomic mass is 9.46. The number of carboxylic acids is 1. The molecule has 230 valence electrons. The predicted octanol–water partition coefficient (Wildman–Crippen LogP) is 9.58. The molecule has 3 N–H and O–H groups in total. The molecule has 1 aliphatic carbocycles. The van der Waals surface area contributed by atoms with Gasteiger partial charge in [0.2, 0.25) is 0 Å². The van der Waals surface area contributed by atoms with Crippen molar-refractivity contribution in [1.29, 1.82) is 0 Å². The minimum absolute atomic E-state index is 0.0326. The molecule has 0 aromatic carbocycles. The van der Waals surface area contributed by atoms with Gasteiger partial charge in [0.25, 0.3) is 0 Å². The zero-order valence-electron chi connectivity index (χ0n) is 28.0. The van der Waals surface area contributed by atoms with Crippen molar-refractivity contribution >= 4 is 5.97 Å². The summed E-state index contributed by atoms with van der Waals surface area (Å²) in [5.74, 6) is -1.57. The van der Waals surface area contributed by atoms with Crippen molar-refractivity contribution in [1.82, 2.24) is 0 Å². The van der Waals surface area contributed by atoms with E-state index in [1.807, 2.05) is 101 Å². The van der Waals surface area contributed by atoms with Crippen LogP contribution in [0.15, 0.2) is 81.0 Å². The SMILES string of the molecule is CC(C)=CCC1=C(CC=C(C)C)C(CC=C(C)C)(C(=O)O)C(O)(CC=C(C)C)C(O)(CC=C(C)C)C1CC=C(C)C. The Kier molecular flexibility index (Phi) is 13.5. The van der Waals surface area contributed by atoms with Crippen molar-refractivity contribution in [2.75, 3.05) is 0 Å². The van der Waals surface area contributed by atoms with Crippen molar-refractivity contribution < 1.29 is 20.1 Å². The molecule has 4 atom stereocenters. The molecular formula is C37H58O4. The molecule has 4 heteroatoms. The van der Waals surface area contributed by atoms with Gasteiger partial charge < -0.3 is 15.3 Å². The molecule has 0 fully saturated rings. The van der Waals surface area contributed by atoms with Crippen LogP contribution < -0.4 is 0 Å². The summed E-state index contributed by atoms with van der Waals surface area (Å²) in [4.78, 5) is 13.9. The number of allylic oxidation sites excluding steroid dienone is 10. The second-order valence-corrected chi connectivity index (χ2v) is 13.5. The molecule has 4 unspecified atom stereocenters. The average Bonchev–Trinajstić information content (AvgIpc) is 2.84. The normalized spacial score (nSPS) is 25.6. The van der Waals surface area contributed by atoms with Crippen LogP contribution in [0.1, 0.15) is 122 Å². The molecular weight excluding hydrogens is 508 g/mol. The summed E-state index contributed by atoms with van der Waals surface area (Å²) in [6.07, 6.45) is 13.8. The summed E-state index contributed by atoms with van der Waals surface area (Å²) in [6.45, 7) is 23.9. The minimum Gasteiger partial charge on any atom is -0.480 e. The fraction of sp³-hybridized carbons (Fsp3) is 0.595. The van der Waals surface area contributed by atoms with Gasteiger partial charge in [-0.25, -0.2) is 0 Å². The molecule has 0 heterocycles. The molecule has 0 saturated carbocycles. The van der Waals surface area contributed by atoms with Crippen LogP contribution in [0.4, 0.5) is 0 Å². The maximum Gasteiger partial charge on any atom is 0.317 e. The number of aliphatic carboxylic acids is 1. The standard InChI is InChI=1S/C37H58O4/c1-25(2)13-16-31-32(17-14-26(3)4)35(34(38)39,22-19-28(7)8)37(41,24-21-30(11)12)36(40,23-20-29(9)10)33(31)18-15-27(5)6/h13-15,19-21,33,40-41H,16-18,22-24H2,1-12H3,(H,38,39). The number of carbonyl (C=O) groups is 1. The lowest BCUT2D eigenvalue weighted by Crippen LogP contribution is -2.72. The van der Waals surface area contributed by atoms with Gasteiger partial charge in [0, 0.05) is 5.92 Å². The largest absolute Gasteiger partial charge is 0.480 e. The third-order valence-corrected chi connectivity index (χ3v) is 8.34. The first kappa shape index (κ1) is 36.6. The Morgan fingerprint density at radius 1 is 0.610 bits per heavy atom. The summed E-state index contributed by atoms with van der Waals surface area (Å²) in [5, 5.41) is 37.6. The zero-order valence-corrected chi connectivity index (χ0v) is 28.0. The Morgan fingerprint density at radius 3 is 1.46 bits per heavy atom. The Bertz CT molecular complexity index is 1150. The van der Waals surface area contributed by atoms with E-state index in [2.05, 4.69) is 18.2 Å². The second-order valence-electron chi connectivity index (χ2n) is 13.5. The van der Waals surface area contributed by atoms with Gasteiger partial charge in [-0.05, 0) is 127 Å². The maximum absolute atomic E-state index is 13.9. The Balaban J connectivity index is 4.64. The topological polar surface area (TPSA) is 77.8 Å². The number of hydrogen-bond donors (Lipinski definition) is 3. The van der Waals surface area contributed by atoms with E-state index in [1.54, 1.807) is 0 Å². The van der Waals surface area contributed by atoms with E-state index in [-0.39, 0.29) is 19.3 Å². The summed E-state index contributed by atoms with van der Waals surface area (Å²) in [5.41, 5.74) is 2.47. The van der Waals surface area contributed by atoms with Crippen LogP contribution in [0.3, 0.4) is 0 Å². The van der Waals surface area contributed by atoms with Crippen LogP contribution >= 0.6 is 0 Å². The van der Waals surface area contributed by atoms with Gasteiger partial charge in [0.15, 0.2) is 0 Å². The molecule has 0 spiro atoms. The predicted molar refractivity (Wildman–Crippen MR) is 175 cm³/mol. The van der Waals surface area contributed by atoms with Gasteiger partial charge in [0.1, 0.15) is 16.6 Å². The first-order valence-electron chi connectivity index (χ1n) is 15.1. The monoisotopic (exact) mass is 566 g/mol. The van der Waals surface area contributed by atoms with Gasteiger partial charge in [-0.2, -0.15) is 0 Å². The highest BCUT2D eigenvalue weighted by Gasteiger charge is 2.71. The summed E-state index contributed by atoms with van der Waals surface area (Å²) in [6, 6.07) is 0. The van der Waals surface area contributed by atoms with E-state index in [0.29, 0.717) is 19.3 Å². The Hall–Kier alpha value is -2.43. The van der Waals surface area contributed by atoms with Gasteiger partial charge >= 0.3 is 5.97 Å². The van der Waals surface area contributed by atoms with E-state index >= 15 is 0 Å². The summed E-state index contributed by atoms with van der Waals surface area (Å²) in [7, 11) is 0. The number of carboxylic acid groups (broad SMARTS) is 1. The van der Waals surface area contributed by atoms with Gasteiger partial charge in [-0.3, -0.25) is 4.79 Å². The third-order valence-electron chi connectivity index (χ3n) is 8.34. The van der Waals surface area contributed by atoms with Crippen molar-refractivity contribution in [2.45, 2.75) is 133 Å². The molecule has 41 heavy (non-hydrogen) atoms. The lowest BCUT2D eigenvalue weighted by Gasteiger charge is -2.61. The molecule has 0 aromatic rings. The van der Waals surface area contributed by atoms with E-state index in [4.69, 9.17) is 0 Å². The molecule has 0 amide bonds. The molecule has 1 rings (SSSR count). The third kappa shape index (κ3) is 8.55. The zero-order chi connectivity index (χ0) is 31.8. The van der Waals surface area contributed by atoms with E-state index in [1.165, 1.54) is 0 Å². The molecule has 0 radical (unpaired) electrons. The van der Waals surface area contributed by atoms with Crippen LogP contribution in [-0.2, 0) is 4.79 Å². The number of rotatable bonds is 13. The van der Waals surface area contributed by atoms with Crippen molar-refractivity contribution in [3.8, 4) is 0 Å². The second kappa shape index (κ2) is 15.2. The number of hydrogen-bond acceptors (Lipinski definition) is 3. The van der Waals surface area contributed by atoms with Crippen LogP contribution in [-0.4, -0.2) is 32.5 Å². The van der Waals surface area contributed by atoms with Gasteiger partial charge in [0.05, 0.1) is 0 Å². The van der Waals surface area contributed by atoms with Gasteiger partial charge in [-0.15, -0.1) is 0 Å². The first-order valence-corrected chi connectivity index (χ1v) is 15.1. The van der Waals surface area contributed by atoms with Crippen molar-refractivity contribution in [3.05, 3.63) is 81.0 Å². The molecule has 4 nitrogen and oxygen atoms in total. The smallest absolute Gasteiger partial charge is 0.317 e. The quantitative estimate of drug-likeness (QED) is 0.194. The number of aliphatic hydroxyl groups is 2. The summed E-state index contributed by atoms with van der Waals surface area (Å²) < 4.78 is 0. The van der Waals surface area contributed by atoms with E-state index in [9.17, 15) is 20.1 Å². The van der Waals surface area contributed by atoms with Gasteiger partial charge in [-0.1, -0.05) is 75.5 Å². The first-order chi connectivity index (χ1) is 18.9. The highest BCUT2D eigenvalue weighted by molar-refractivity contribution is 5.83. The van der Waals surface area contributed by atoms with E-state index < -0.39 is 28.5 Å². The highest BCUT2D eigenvalue weighted by Crippen LogP contribution is 2.62. The molecule has 0 aliphatic heterocycles. The average molecular weight is 567 g/mol. The minimum atomic E-state index is -1.99. The highest BCUT2D eigenvalue weighted by atomic mass is 16.4.